The molecule has 1 aliphatic rings. The molecule has 2 aromatic rings. The van der Waals surface area contributed by atoms with Gasteiger partial charge in [0.15, 0.2) is 21.3 Å². The van der Waals surface area contributed by atoms with E-state index >= 15 is 0 Å². The first-order valence-electron chi connectivity index (χ1n) is 8.02. The average Bonchev–Trinajstić information content (AvgIpc) is 3.15. The smallest absolute Gasteiger partial charge is 0.221 e. The quantitative estimate of drug-likeness (QED) is 0.718. The maximum Gasteiger partial charge on any atom is 0.221 e. The van der Waals surface area contributed by atoms with Gasteiger partial charge < -0.3 is 19.2 Å². The molecule has 26 heavy (non-hydrogen) atoms. The van der Waals surface area contributed by atoms with Crippen LogP contribution in [0, 0.1) is 0 Å². The molecule has 1 aromatic carbocycles. The summed E-state index contributed by atoms with van der Waals surface area (Å²) in [5.74, 6) is 0.952. The number of sulfone groups is 1. The molecule has 1 N–H and O–H groups in total. The minimum absolute atomic E-state index is 0.0646. The zero-order valence-corrected chi connectivity index (χ0v) is 15.4. The van der Waals surface area contributed by atoms with Gasteiger partial charge in [0.25, 0.3) is 0 Å². The Morgan fingerprint density at radius 2 is 1.96 bits per heavy atom. The third-order valence-corrected chi connectivity index (χ3v) is 6.13. The van der Waals surface area contributed by atoms with Gasteiger partial charge in [0.2, 0.25) is 5.91 Å². The first kappa shape index (κ1) is 18.6. The molecule has 0 fully saturated rings. The molecule has 9 heteroatoms. The van der Waals surface area contributed by atoms with Gasteiger partial charge in [-0.25, -0.2) is 8.42 Å². The average molecular weight is 400 g/mol. The van der Waals surface area contributed by atoms with Gasteiger partial charge in [0.05, 0.1) is 11.2 Å². The van der Waals surface area contributed by atoms with Crippen LogP contribution in [-0.2, 0) is 14.6 Å². The van der Waals surface area contributed by atoms with E-state index in [1.807, 2.05) is 0 Å². The second-order valence-corrected chi connectivity index (χ2v) is 8.11. The first-order valence-corrected chi connectivity index (χ1v) is 10.1. The maximum atomic E-state index is 13.2. The van der Waals surface area contributed by atoms with Crippen LogP contribution >= 0.6 is 11.6 Å². The number of benzene rings is 1. The molecule has 7 nitrogen and oxygen atoms in total. The number of amides is 1. The second kappa shape index (κ2) is 8.01. The fourth-order valence-corrected chi connectivity index (χ4v) is 4.36. The number of hydrogen-bond acceptors (Lipinski definition) is 6. The Morgan fingerprint density at radius 3 is 2.65 bits per heavy atom. The van der Waals surface area contributed by atoms with E-state index in [0.29, 0.717) is 24.7 Å². The molecule has 0 saturated carbocycles. The lowest BCUT2D eigenvalue weighted by Gasteiger charge is -2.21. The Labute approximate surface area is 156 Å². The van der Waals surface area contributed by atoms with Gasteiger partial charge in [-0.2, -0.15) is 0 Å². The summed E-state index contributed by atoms with van der Waals surface area (Å²) in [5, 5.41) is 1.52. The van der Waals surface area contributed by atoms with Gasteiger partial charge in [-0.1, -0.05) is 0 Å². The molecular formula is C17H18ClNO6S. The SMILES string of the molecule is O=C(CCCl)NC[C@H](c1ccco1)S(=O)(=O)c1ccc2c(c1)OCCO2. The normalized spacial score (nSPS) is 14.7. The number of alkyl halides is 1. The molecule has 1 aromatic heterocycles. The summed E-state index contributed by atoms with van der Waals surface area (Å²) in [7, 11) is -3.85. The number of halogens is 1. The number of carbonyl (C=O) groups excluding carboxylic acids is 1. The highest BCUT2D eigenvalue weighted by molar-refractivity contribution is 7.91. The van der Waals surface area contributed by atoms with Crippen molar-refractivity contribution in [1.82, 2.24) is 5.32 Å². The zero-order chi connectivity index (χ0) is 18.6. The third kappa shape index (κ3) is 3.96. The van der Waals surface area contributed by atoms with Crippen LogP contribution in [0.1, 0.15) is 17.4 Å². The molecule has 0 radical (unpaired) electrons. The van der Waals surface area contributed by atoms with E-state index in [1.54, 1.807) is 18.2 Å². The van der Waals surface area contributed by atoms with Crippen molar-refractivity contribution >= 4 is 27.3 Å². The van der Waals surface area contributed by atoms with Crippen LogP contribution < -0.4 is 14.8 Å². The molecule has 0 unspecified atom stereocenters. The minimum Gasteiger partial charge on any atom is -0.486 e. The topological polar surface area (TPSA) is 94.8 Å². The van der Waals surface area contributed by atoms with Gasteiger partial charge >= 0.3 is 0 Å². The Balaban J connectivity index is 1.90. The fraction of sp³-hybridized carbons (Fsp3) is 0.353. The van der Waals surface area contributed by atoms with Crippen LogP contribution in [0.2, 0.25) is 0 Å². The Bertz CT molecular complexity index is 865. The van der Waals surface area contributed by atoms with E-state index in [2.05, 4.69) is 5.32 Å². The molecule has 2 heterocycles. The fourth-order valence-electron chi connectivity index (χ4n) is 2.58. The largest absolute Gasteiger partial charge is 0.486 e. The number of carbonyl (C=O) groups is 1. The van der Waals surface area contributed by atoms with Crippen LogP contribution in [0.3, 0.4) is 0 Å². The summed E-state index contributed by atoms with van der Waals surface area (Å²) in [6.45, 7) is 0.646. The molecule has 0 saturated heterocycles. The standard InChI is InChI=1S/C17H18ClNO6S/c18-6-5-17(20)19-11-16(14-2-1-7-23-14)26(21,22)12-3-4-13-15(10-12)25-9-8-24-13/h1-4,7,10,16H,5-6,8-9,11H2,(H,19,20)/t16-/m1/s1. The summed E-state index contributed by atoms with van der Waals surface area (Å²) in [5.41, 5.74) is 0. The molecule has 0 spiro atoms. The summed E-state index contributed by atoms with van der Waals surface area (Å²) in [6.07, 6.45) is 1.50. The van der Waals surface area contributed by atoms with Crippen molar-refractivity contribution in [1.29, 1.82) is 0 Å². The lowest BCUT2D eigenvalue weighted by atomic mass is 10.3. The van der Waals surface area contributed by atoms with Gasteiger partial charge in [-0.15, -0.1) is 11.6 Å². The van der Waals surface area contributed by atoms with Crippen molar-refractivity contribution in [3.8, 4) is 11.5 Å². The van der Waals surface area contributed by atoms with Crippen LogP contribution in [0.4, 0.5) is 0 Å². The summed E-state index contributed by atoms with van der Waals surface area (Å²) in [6, 6.07) is 7.61. The van der Waals surface area contributed by atoms with Crippen molar-refractivity contribution in [2.75, 3.05) is 25.6 Å². The maximum absolute atomic E-state index is 13.2. The Hall–Kier alpha value is -2.19. The predicted molar refractivity (Wildman–Crippen MR) is 94.4 cm³/mol. The van der Waals surface area contributed by atoms with Crippen LogP contribution in [0.25, 0.3) is 0 Å². The highest BCUT2D eigenvalue weighted by atomic mass is 35.5. The molecule has 1 atom stereocenters. The molecular weight excluding hydrogens is 382 g/mol. The Kier molecular flexibility index (Phi) is 5.73. The number of rotatable bonds is 7. The molecule has 1 amide bonds. The third-order valence-electron chi connectivity index (χ3n) is 3.88. The molecule has 3 rings (SSSR count). The summed E-state index contributed by atoms with van der Waals surface area (Å²) in [4.78, 5) is 11.8. The first-order chi connectivity index (χ1) is 12.5. The molecule has 140 valence electrons. The lowest BCUT2D eigenvalue weighted by molar-refractivity contribution is -0.120. The molecule has 0 aliphatic carbocycles. The van der Waals surface area contributed by atoms with E-state index in [1.165, 1.54) is 18.4 Å². The molecule has 1 aliphatic heterocycles. The van der Waals surface area contributed by atoms with E-state index in [-0.39, 0.29) is 35.4 Å². The van der Waals surface area contributed by atoms with E-state index < -0.39 is 15.1 Å². The monoisotopic (exact) mass is 399 g/mol. The van der Waals surface area contributed by atoms with E-state index in [9.17, 15) is 13.2 Å². The predicted octanol–water partition coefficient (Wildman–Crippen LogP) is 2.31. The number of nitrogens with one attached hydrogen (secondary N) is 1. The number of hydrogen-bond donors (Lipinski definition) is 1. The lowest BCUT2D eigenvalue weighted by Crippen LogP contribution is -2.32. The van der Waals surface area contributed by atoms with Gasteiger partial charge in [0.1, 0.15) is 24.2 Å². The van der Waals surface area contributed by atoms with Gasteiger partial charge in [-0.3, -0.25) is 4.79 Å². The highest BCUT2D eigenvalue weighted by Gasteiger charge is 2.32. The van der Waals surface area contributed by atoms with Crippen LogP contribution in [-0.4, -0.2) is 40.0 Å². The van der Waals surface area contributed by atoms with Crippen LogP contribution in [0.15, 0.2) is 45.9 Å². The second-order valence-electron chi connectivity index (χ2n) is 5.60. The molecule has 0 bridgehead atoms. The van der Waals surface area contributed by atoms with Gasteiger partial charge in [0, 0.05) is 24.9 Å². The van der Waals surface area contributed by atoms with Crippen molar-refractivity contribution in [2.45, 2.75) is 16.6 Å². The summed E-state index contributed by atoms with van der Waals surface area (Å²) < 4.78 is 42.5. The van der Waals surface area contributed by atoms with Crippen molar-refractivity contribution in [2.24, 2.45) is 0 Å². The minimum atomic E-state index is -3.85. The number of furan rings is 1. The number of ether oxygens (including phenoxy) is 2. The summed E-state index contributed by atoms with van der Waals surface area (Å²) >= 11 is 5.54. The van der Waals surface area contributed by atoms with Crippen LogP contribution in [0.5, 0.6) is 11.5 Å². The van der Waals surface area contributed by atoms with E-state index in [0.717, 1.165) is 0 Å². The van der Waals surface area contributed by atoms with Crippen molar-refractivity contribution in [3.05, 3.63) is 42.4 Å². The van der Waals surface area contributed by atoms with E-state index in [4.69, 9.17) is 25.5 Å². The number of fused-ring (bicyclic) bond motifs is 1. The van der Waals surface area contributed by atoms with Gasteiger partial charge in [-0.05, 0) is 24.3 Å². The zero-order valence-electron chi connectivity index (χ0n) is 13.8. The highest BCUT2D eigenvalue weighted by Crippen LogP contribution is 2.36. The Morgan fingerprint density at radius 1 is 1.19 bits per heavy atom. The van der Waals surface area contributed by atoms with Crippen molar-refractivity contribution < 1.29 is 27.1 Å². The van der Waals surface area contributed by atoms with Crippen molar-refractivity contribution in [3.63, 3.8) is 0 Å².